The molecule has 4 N–H and O–H groups in total. The number of likely N-dealkylation sites (tertiary alicyclic amines) is 1. The molecule has 29 heavy (non-hydrogen) atoms. The minimum atomic E-state index is -1.07. The number of carbonyl (C=O) groups excluding carboxylic acids is 1. The van der Waals surface area contributed by atoms with Crippen LogP contribution < -0.4 is 15.8 Å². The van der Waals surface area contributed by atoms with Crippen molar-refractivity contribution in [3.8, 4) is 5.75 Å². The first kappa shape index (κ1) is 21.1. The Hall–Kier alpha value is -2.63. The largest absolute Gasteiger partial charge is 0.490 e. The maximum Gasteiger partial charge on any atom is 0.407 e. The fraction of sp³-hybridized carbons (Fsp3) is 0.263. The Morgan fingerprint density at radius 2 is 2.03 bits per heavy atom. The van der Waals surface area contributed by atoms with E-state index < -0.39 is 29.7 Å². The molecule has 1 heterocycles. The van der Waals surface area contributed by atoms with Gasteiger partial charge >= 0.3 is 6.09 Å². The van der Waals surface area contributed by atoms with E-state index in [1.165, 1.54) is 17.0 Å². The summed E-state index contributed by atoms with van der Waals surface area (Å²) in [6.45, 7) is 0.321. The van der Waals surface area contributed by atoms with Crippen LogP contribution in [-0.2, 0) is 0 Å². The Morgan fingerprint density at radius 1 is 1.28 bits per heavy atom. The number of carbonyl (C=O) groups is 2. The van der Waals surface area contributed by atoms with Crippen molar-refractivity contribution < 1.29 is 28.2 Å². The molecule has 1 aliphatic heterocycles. The van der Waals surface area contributed by atoms with Crippen LogP contribution in [0.25, 0.3) is 0 Å². The molecule has 0 spiro atoms. The third-order valence-electron chi connectivity index (χ3n) is 4.57. The highest BCUT2D eigenvalue weighted by Crippen LogP contribution is 2.32. The third kappa shape index (κ3) is 4.86. The molecule has 154 valence electrons. The van der Waals surface area contributed by atoms with Gasteiger partial charge in [0.2, 0.25) is 0 Å². The number of benzene rings is 2. The fourth-order valence-corrected chi connectivity index (χ4v) is 3.68. The van der Waals surface area contributed by atoms with E-state index in [1.807, 2.05) is 22.6 Å². The van der Waals surface area contributed by atoms with Crippen LogP contribution in [0.5, 0.6) is 5.75 Å². The second kappa shape index (κ2) is 8.80. The van der Waals surface area contributed by atoms with Gasteiger partial charge in [-0.1, -0.05) is 0 Å². The van der Waals surface area contributed by atoms with Crippen molar-refractivity contribution in [1.82, 2.24) is 4.90 Å². The first-order valence-electron chi connectivity index (χ1n) is 8.74. The first-order valence-corrected chi connectivity index (χ1v) is 9.82. The van der Waals surface area contributed by atoms with Gasteiger partial charge in [0, 0.05) is 16.2 Å². The Labute approximate surface area is 179 Å². The topological polar surface area (TPSA) is 105 Å². The van der Waals surface area contributed by atoms with E-state index >= 15 is 0 Å². The second-order valence-electron chi connectivity index (χ2n) is 6.52. The van der Waals surface area contributed by atoms with Crippen molar-refractivity contribution in [2.75, 3.05) is 18.5 Å². The standard InChI is InChI=1S/C19H18F2IN3O4/c20-10-6-15(24-14-4-3-11(22)8-13(14)21)17(18(23)26)16(7-10)29-9-12-2-1-5-25(12)19(27)28/h3-4,6-8,12,24H,1-2,5,9H2,(H2,23,26)(H,27,28)/t12-/m1/s1. The first-order chi connectivity index (χ1) is 13.8. The molecule has 2 aromatic carbocycles. The zero-order valence-corrected chi connectivity index (χ0v) is 17.3. The molecule has 0 bridgehead atoms. The number of hydrogen-bond acceptors (Lipinski definition) is 4. The molecule has 0 aliphatic carbocycles. The minimum Gasteiger partial charge on any atom is -0.490 e. The van der Waals surface area contributed by atoms with Crippen molar-refractivity contribution in [2.45, 2.75) is 18.9 Å². The van der Waals surface area contributed by atoms with Gasteiger partial charge in [0.15, 0.2) is 0 Å². The molecule has 2 amide bonds. The quantitative estimate of drug-likeness (QED) is 0.504. The molecule has 0 aromatic heterocycles. The summed E-state index contributed by atoms with van der Waals surface area (Å²) in [4.78, 5) is 24.5. The number of carboxylic acid groups (broad SMARTS) is 1. The van der Waals surface area contributed by atoms with Crippen molar-refractivity contribution in [2.24, 2.45) is 5.73 Å². The number of amides is 2. The number of nitrogens with one attached hydrogen (secondary N) is 1. The summed E-state index contributed by atoms with van der Waals surface area (Å²) < 4.78 is 34.6. The number of nitrogens with two attached hydrogens (primary N) is 1. The average molecular weight is 517 g/mol. The van der Waals surface area contributed by atoms with Crippen LogP contribution in [0.1, 0.15) is 23.2 Å². The van der Waals surface area contributed by atoms with E-state index in [2.05, 4.69) is 5.32 Å². The summed E-state index contributed by atoms with van der Waals surface area (Å²) in [6.07, 6.45) is 0.208. The predicted octanol–water partition coefficient (Wildman–Crippen LogP) is 3.93. The highest BCUT2D eigenvalue weighted by Gasteiger charge is 2.29. The lowest BCUT2D eigenvalue weighted by Crippen LogP contribution is -2.38. The molecule has 1 aliphatic rings. The molecular weight excluding hydrogens is 499 g/mol. The van der Waals surface area contributed by atoms with Crippen molar-refractivity contribution in [3.05, 3.63) is 51.1 Å². The third-order valence-corrected chi connectivity index (χ3v) is 5.24. The van der Waals surface area contributed by atoms with Gasteiger partial charge in [-0.2, -0.15) is 0 Å². The van der Waals surface area contributed by atoms with Gasteiger partial charge in [0.1, 0.15) is 29.6 Å². The lowest BCUT2D eigenvalue weighted by molar-refractivity contribution is 0.0990. The van der Waals surface area contributed by atoms with Crippen molar-refractivity contribution in [1.29, 1.82) is 0 Å². The summed E-state index contributed by atoms with van der Waals surface area (Å²) in [5.74, 6) is -2.33. The number of halogens is 3. The summed E-state index contributed by atoms with van der Waals surface area (Å²) in [5, 5.41) is 11.9. The molecule has 0 saturated carbocycles. The molecule has 10 heteroatoms. The van der Waals surface area contributed by atoms with E-state index in [9.17, 15) is 23.5 Å². The molecule has 0 radical (unpaired) electrons. The van der Waals surface area contributed by atoms with Crippen LogP contribution >= 0.6 is 22.6 Å². The van der Waals surface area contributed by atoms with Gasteiger partial charge in [-0.3, -0.25) is 4.79 Å². The van der Waals surface area contributed by atoms with Crippen molar-refractivity contribution >= 4 is 46.0 Å². The summed E-state index contributed by atoms with van der Waals surface area (Å²) in [6, 6.07) is 5.98. The molecule has 0 unspecified atom stereocenters. The lowest BCUT2D eigenvalue weighted by atomic mass is 10.1. The van der Waals surface area contributed by atoms with Crippen LogP contribution in [0.3, 0.4) is 0 Å². The van der Waals surface area contributed by atoms with Gasteiger partial charge in [0.05, 0.1) is 17.4 Å². The Morgan fingerprint density at radius 3 is 2.69 bits per heavy atom. The van der Waals surface area contributed by atoms with E-state index in [1.54, 1.807) is 6.07 Å². The molecule has 1 atom stereocenters. The smallest absolute Gasteiger partial charge is 0.407 e. The summed E-state index contributed by atoms with van der Waals surface area (Å²) in [7, 11) is 0. The zero-order valence-electron chi connectivity index (χ0n) is 15.1. The van der Waals surface area contributed by atoms with Gasteiger partial charge in [0.25, 0.3) is 5.91 Å². The SMILES string of the molecule is NC(=O)c1c(Nc2ccc(I)cc2F)cc(F)cc1OC[C@H]1CCCN1C(=O)O. The Bertz CT molecular complexity index is 957. The molecule has 2 aromatic rings. The second-order valence-corrected chi connectivity index (χ2v) is 7.77. The number of rotatable bonds is 6. The van der Waals surface area contributed by atoms with E-state index in [4.69, 9.17) is 10.5 Å². The Balaban J connectivity index is 1.89. The van der Waals surface area contributed by atoms with Gasteiger partial charge in [-0.25, -0.2) is 13.6 Å². The molecule has 1 saturated heterocycles. The molecule has 3 rings (SSSR count). The maximum absolute atomic E-state index is 14.2. The maximum atomic E-state index is 14.2. The van der Waals surface area contributed by atoms with E-state index in [0.29, 0.717) is 23.0 Å². The van der Waals surface area contributed by atoms with E-state index in [-0.39, 0.29) is 29.3 Å². The zero-order chi connectivity index (χ0) is 21.1. The summed E-state index contributed by atoms with van der Waals surface area (Å²) >= 11 is 1.95. The van der Waals surface area contributed by atoms with Gasteiger partial charge in [-0.15, -0.1) is 0 Å². The predicted molar refractivity (Wildman–Crippen MR) is 111 cm³/mol. The highest BCUT2D eigenvalue weighted by atomic mass is 127. The van der Waals surface area contributed by atoms with E-state index in [0.717, 1.165) is 12.1 Å². The Kier molecular flexibility index (Phi) is 6.40. The fourth-order valence-electron chi connectivity index (χ4n) is 3.23. The van der Waals surface area contributed by atoms with Gasteiger partial charge < -0.3 is 25.8 Å². The van der Waals surface area contributed by atoms with Crippen LogP contribution in [-0.4, -0.2) is 41.2 Å². The van der Waals surface area contributed by atoms with Crippen LogP contribution in [0, 0.1) is 15.2 Å². The highest BCUT2D eigenvalue weighted by molar-refractivity contribution is 14.1. The number of ether oxygens (including phenoxy) is 1. The molecule has 7 nitrogen and oxygen atoms in total. The molecular formula is C19H18F2IN3O4. The van der Waals surface area contributed by atoms with Crippen LogP contribution in [0.15, 0.2) is 30.3 Å². The minimum absolute atomic E-state index is 0.0392. The average Bonchev–Trinajstić information content (AvgIpc) is 3.10. The number of nitrogens with zero attached hydrogens (tertiary/aromatic N) is 1. The summed E-state index contributed by atoms with van der Waals surface area (Å²) in [5.41, 5.74) is 5.30. The van der Waals surface area contributed by atoms with Gasteiger partial charge in [-0.05, 0) is 59.7 Å². The number of anilines is 2. The lowest BCUT2D eigenvalue weighted by Gasteiger charge is -2.23. The molecule has 1 fully saturated rings. The number of hydrogen-bond donors (Lipinski definition) is 3. The monoisotopic (exact) mass is 517 g/mol. The van der Waals surface area contributed by atoms with Crippen LogP contribution in [0.2, 0.25) is 0 Å². The number of primary amides is 1. The van der Waals surface area contributed by atoms with Crippen molar-refractivity contribution in [3.63, 3.8) is 0 Å². The normalized spacial score (nSPS) is 16.0. The van der Waals surface area contributed by atoms with Crippen LogP contribution in [0.4, 0.5) is 25.0 Å².